The molecule has 92 valence electrons. The van der Waals surface area contributed by atoms with Crippen LogP contribution in [0.15, 0.2) is 53.1 Å². The summed E-state index contributed by atoms with van der Waals surface area (Å²) < 4.78 is 7.01. The second kappa shape index (κ2) is 4.63. The van der Waals surface area contributed by atoms with Crippen molar-refractivity contribution in [2.75, 3.05) is 0 Å². The third-order valence-corrected chi connectivity index (χ3v) is 2.89. The zero-order chi connectivity index (χ0) is 13.2. The summed E-state index contributed by atoms with van der Waals surface area (Å²) in [5.41, 5.74) is 1.82. The Labute approximate surface area is 114 Å². The van der Waals surface area contributed by atoms with Gasteiger partial charge >= 0.3 is 0 Å². The van der Waals surface area contributed by atoms with Gasteiger partial charge in [0.25, 0.3) is 0 Å². The van der Waals surface area contributed by atoms with E-state index >= 15 is 0 Å². The highest BCUT2D eigenvalue weighted by atomic mass is 35.5. The SMILES string of the molecule is N#Cc1cc(-c2ccco2)n(-c2cccc(Cl)c2)n1. The molecule has 0 bridgehead atoms. The lowest BCUT2D eigenvalue weighted by molar-refractivity contribution is 0.577. The molecule has 4 nitrogen and oxygen atoms in total. The molecule has 2 heterocycles. The van der Waals surface area contributed by atoms with Gasteiger partial charge in [-0.05, 0) is 30.3 Å². The maximum Gasteiger partial charge on any atom is 0.163 e. The van der Waals surface area contributed by atoms with Crippen molar-refractivity contribution in [3.05, 3.63) is 59.4 Å². The molecule has 19 heavy (non-hydrogen) atoms. The van der Waals surface area contributed by atoms with Crippen LogP contribution in [0.25, 0.3) is 17.1 Å². The Balaban J connectivity index is 2.21. The molecular weight excluding hydrogens is 262 g/mol. The predicted molar refractivity (Wildman–Crippen MR) is 71.0 cm³/mol. The highest BCUT2D eigenvalue weighted by molar-refractivity contribution is 6.30. The van der Waals surface area contributed by atoms with Gasteiger partial charge in [-0.2, -0.15) is 10.4 Å². The zero-order valence-corrected chi connectivity index (χ0v) is 10.5. The second-order valence-electron chi connectivity index (χ2n) is 3.90. The molecule has 5 heteroatoms. The van der Waals surface area contributed by atoms with Gasteiger partial charge in [0.05, 0.1) is 12.0 Å². The van der Waals surface area contributed by atoms with Crippen molar-refractivity contribution in [1.29, 1.82) is 5.26 Å². The van der Waals surface area contributed by atoms with Crippen LogP contribution in [0.3, 0.4) is 0 Å². The van der Waals surface area contributed by atoms with Crippen molar-refractivity contribution >= 4 is 11.6 Å². The molecule has 0 amide bonds. The van der Waals surface area contributed by atoms with E-state index in [1.807, 2.05) is 24.3 Å². The molecule has 0 aliphatic carbocycles. The van der Waals surface area contributed by atoms with Crippen LogP contribution < -0.4 is 0 Å². The van der Waals surface area contributed by atoms with Crippen LogP contribution >= 0.6 is 11.6 Å². The summed E-state index contributed by atoms with van der Waals surface area (Å²) in [4.78, 5) is 0. The average Bonchev–Trinajstić information content (AvgIpc) is 3.07. The normalized spacial score (nSPS) is 10.3. The third kappa shape index (κ3) is 2.12. The Kier molecular flexibility index (Phi) is 2.82. The van der Waals surface area contributed by atoms with Crippen LogP contribution in [0.5, 0.6) is 0 Å². The summed E-state index contributed by atoms with van der Waals surface area (Å²) in [6.07, 6.45) is 1.58. The van der Waals surface area contributed by atoms with E-state index in [9.17, 15) is 0 Å². The van der Waals surface area contributed by atoms with Gasteiger partial charge in [0.15, 0.2) is 11.5 Å². The van der Waals surface area contributed by atoms with E-state index in [1.165, 1.54) is 0 Å². The van der Waals surface area contributed by atoms with E-state index in [-0.39, 0.29) is 0 Å². The molecule has 0 atom stereocenters. The molecular formula is C14H8ClN3O. The lowest BCUT2D eigenvalue weighted by Gasteiger charge is -2.05. The maximum atomic E-state index is 8.99. The first-order valence-corrected chi connectivity index (χ1v) is 5.96. The molecule has 0 aliphatic heterocycles. The van der Waals surface area contributed by atoms with Gasteiger partial charge < -0.3 is 4.42 Å². The number of hydrogen-bond donors (Lipinski definition) is 0. The van der Waals surface area contributed by atoms with E-state index < -0.39 is 0 Å². The van der Waals surface area contributed by atoms with Crippen molar-refractivity contribution in [2.24, 2.45) is 0 Å². The quantitative estimate of drug-likeness (QED) is 0.713. The Bertz CT molecular complexity index is 753. The number of aromatic nitrogens is 2. The fraction of sp³-hybridized carbons (Fsp3) is 0. The molecule has 3 rings (SSSR count). The number of hydrogen-bond acceptors (Lipinski definition) is 3. The van der Waals surface area contributed by atoms with E-state index in [2.05, 4.69) is 5.10 Å². The Hall–Kier alpha value is -2.51. The number of halogens is 1. The molecule has 0 saturated heterocycles. The highest BCUT2D eigenvalue weighted by Gasteiger charge is 2.13. The van der Waals surface area contributed by atoms with Crippen LogP contribution in [-0.4, -0.2) is 9.78 Å². The van der Waals surface area contributed by atoms with Crippen LogP contribution in [0.1, 0.15) is 5.69 Å². The number of nitriles is 1. The van der Waals surface area contributed by atoms with Gasteiger partial charge in [-0.3, -0.25) is 0 Å². The second-order valence-corrected chi connectivity index (χ2v) is 4.33. The molecule has 0 spiro atoms. The predicted octanol–water partition coefficient (Wildman–Crippen LogP) is 3.66. The van der Waals surface area contributed by atoms with Crippen LogP contribution in [0.2, 0.25) is 5.02 Å². The minimum absolute atomic E-state index is 0.325. The number of furan rings is 1. The first-order chi connectivity index (χ1) is 9.28. The topological polar surface area (TPSA) is 54.8 Å². The van der Waals surface area contributed by atoms with Crippen molar-refractivity contribution in [2.45, 2.75) is 0 Å². The van der Waals surface area contributed by atoms with E-state index in [0.717, 1.165) is 5.69 Å². The van der Waals surface area contributed by atoms with Crippen LogP contribution in [0, 0.1) is 11.3 Å². The van der Waals surface area contributed by atoms with E-state index in [4.69, 9.17) is 21.3 Å². The standard InChI is InChI=1S/C14H8ClN3O/c15-10-3-1-4-12(7-10)18-13(8-11(9-16)17-18)14-5-2-6-19-14/h1-8H. The van der Waals surface area contributed by atoms with Crippen molar-refractivity contribution in [1.82, 2.24) is 9.78 Å². The molecule has 3 aromatic rings. The van der Waals surface area contributed by atoms with Crippen molar-refractivity contribution in [3.8, 4) is 23.2 Å². The molecule has 0 N–H and O–H groups in total. The third-order valence-electron chi connectivity index (χ3n) is 2.65. The first kappa shape index (κ1) is 11.6. The highest BCUT2D eigenvalue weighted by Crippen LogP contribution is 2.25. The number of nitrogens with zero attached hydrogens (tertiary/aromatic N) is 3. The smallest absolute Gasteiger partial charge is 0.163 e. The van der Waals surface area contributed by atoms with Crippen LogP contribution in [0.4, 0.5) is 0 Å². The van der Waals surface area contributed by atoms with Crippen molar-refractivity contribution in [3.63, 3.8) is 0 Å². The number of rotatable bonds is 2. The molecule has 0 unspecified atom stereocenters. The largest absolute Gasteiger partial charge is 0.463 e. The molecule has 0 aliphatic rings. The fourth-order valence-electron chi connectivity index (χ4n) is 1.84. The average molecular weight is 270 g/mol. The summed E-state index contributed by atoms with van der Waals surface area (Å²) in [7, 11) is 0. The maximum absolute atomic E-state index is 8.99. The summed E-state index contributed by atoms with van der Waals surface area (Å²) in [6, 6.07) is 14.6. The lowest BCUT2D eigenvalue weighted by atomic mass is 10.2. The van der Waals surface area contributed by atoms with E-state index in [1.54, 1.807) is 35.2 Å². The molecule has 1 aromatic carbocycles. The monoisotopic (exact) mass is 269 g/mol. The van der Waals surface area contributed by atoms with E-state index in [0.29, 0.717) is 22.2 Å². The van der Waals surface area contributed by atoms with Gasteiger partial charge in [0.2, 0.25) is 0 Å². The van der Waals surface area contributed by atoms with Gasteiger partial charge in [-0.25, -0.2) is 4.68 Å². The van der Waals surface area contributed by atoms with Gasteiger partial charge in [-0.1, -0.05) is 17.7 Å². The summed E-state index contributed by atoms with van der Waals surface area (Å²) in [5, 5.41) is 13.8. The molecule has 0 fully saturated rings. The summed E-state index contributed by atoms with van der Waals surface area (Å²) in [5.74, 6) is 0.647. The zero-order valence-electron chi connectivity index (χ0n) is 9.75. The van der Waals surface area contributed by atoms with Gasteiger partial charge in [0, 0.05) is 11.1 Å². The summed E-state index contributed by atoms with van der Waals surface area (Å²) >= 11 is 5.98. The number of benzene rings is 1. The van der Waals surface area contributed by atoms with Crippen molar-refractivity contribution < 1.29 is 4.42 Å². The molecule has 2 aromatic heterocycles. The fourth-order valence-corrected chi connectivity index (χ4v) is 2.02. The Morgan fingerprint density at radius 2 is 2.11 bits per heavy atom. The lowest BCUT2D eigenvalue weighted by Crippen LogP contribution is -1.98. The Morgan fingerprint density at radius 3 is 2.79 bits per heavy atom. The van der Waals surface area contributed by atoms with Crippen LogP contribution in [-0.2, 0) is 0 Å². The minimum Gasteiger partial charge on any atom is -0.463 e. The minimum atomic E-state index is 0.325. The molecule has 0 radical (unpaired) electrons. The van der Waals surface area contributed by atoms with Gasteiger partial charge in [-0.15, -0.1) is 0 Å². The molecule has 0 saturated carbocycles. The first-order valence-electron chi connectivity index (χ1n) is 5.58. The summed E-state index contributed by atoms with van der Waals surface area (Å²) in [6.45, 7) is 0. The Morgan fingerprint density at radius 1 is 1.21 bits per heavy atom. The van der Waals surface area contributed by atoms with Gasteiger partial charge in [0.1, 0.15) is 11.8 Å².